The van der Waals surface area contributed by atoms with Gasteiger partial charge in [0.15, 0.2) is 9.84 Å². The van der Waals surface area contributed by atoms with Crippen LogP contribution in [0.2, 0.25) is 0 Å². The molecule has 0 rings (SSSR count). The summed E-state index contributed by atoms with van der Waals surface area (Å²) in [6.45, 7) is 11.1. The molecule has 0 aliphatic heterocycles. The lowest BCUT2D eigenvalue weighted by Crippen LogP contribution is -2.51. The van der Waals surface area contributed by atoms with Gasteiger partial charge in [-0.1, -0.05) is 33.6 Å². The van der Waals surface area contributed by atoms with Crippen molar-refractivity contribution in [3.05, 3.63) is 0 Å². The number of hydrogen-bond donors (Lipinski definition) is 1. The minimum Gasteiger partial charge on any atom is -0.312 e. The van der Waals surface area contributed by atoms with Gasteiger partial charge in [-0.05, 0) is 39.2 Å². The Balaban J connectivity index is 4.66. The second-order valence-corrected chi connectivity index (χ2v) is 8.80. The lowest BCUT2D eigenvalue weighted by atomic mass is 9.95. The average Bonchev–Trinajstić information content (AvgIpc) is 2.20. The van der Waals surface area contributed by atoms with E-state index in [1.54, 1.807) is 0 Å². The molecular formula is C14H31NO2S. The molecule has 0 spiro atoms. The van der Waals surface area contributed by atoms with Gasteiger partial charge in [0, 0.05) is 12.3 Å². The Morgan fingerprint density at radius 2 is 1.72 bits per heavy atom. The maximum atomic E-state index is 11.9. The summed E-state index contributed by atoms with van der Waals surface area (Å²) >= 11 is 0. The topological polar surface area (TPSA) is 46.2 Å². The number of hydrogen-bond acceptors (Lipinski definition) is 3. The van der Waals surface area contributed by atoms with Crippen molar-refractivity contribution < 1.29 is 8.42 Å². The molecular weight excluding hydrogens is 246 g/mol. The van der Waals surface area contributed by atoms with Crippen LogP contribution in [0.5, 0.6) is 0 Å². The Labute approximate surface area is 114 Å². The Morgan fingerprint density at radius 3 is 2.11 bits per heavy atom. The van der Waals surface area contributed by atoms with Crippen LogP contribution in [0.15, 0.2) is 0 Å². The second-order valence-electron chi connectivity index (χ2n) is 6.21. The van der Waals surface area contributed by atoms with E-state index in [2.05, 4.69) is 26.1 Å². The molecule has 0 aromatic rings. The summed E-state index contributed by atoms with van der Waals surface area (Å²) in [5, 5.41) is 3.41. The number of nitrogens with one attached hydrogen (secondary N) is 1. The zero-order valence-corrected chi connectivity index (χ0v) is 13.7. The van der Waals surface area contributed by atoms with Crippen molar-refractivity contribution in [2.45, 2.75) is 71.1 Å². The summed E-state index contributed by atoms with van der Waals surface area (Å²) in [6.07, 6.45) is 5.54. The minimum absolute atomic E-state index is 0.0474. The molecule has 0 aromatic carbocycles. The summed E-state index contributed by atoms with van der Waals surface area (Å²) in [6, 6.07) is 0.0474. The molecule has 3 nitrogen and oxygen atoms in total. The second kappa shape index (κ2) is 7.49. The molecule has 0 bridgehead atoms. The Bertz CT molecular complexity index is 321. The van der Waals surface area contributed by atoms with Crippen LogP contribution in [0.1, 0.15) is 60.3 Å². The zero-order chi connectivity index (χ0) is 14.4. The van der Waals surface area contributed by atoms with Gasteiger partial charge in [0.05, 0.1) is 4.75 Å². The van der Waals surface area contributed by atoms with E-state index in [4.69, 9.17) is 0 Å². The molecule has 1 N–H and O–H groups in total. The third-order valence-electron chi connectivity index (χ3n) is 3.71. The predicted octanol–water partition coefficient (Wildman–Crippen LogP) is 3.00. The van der Waals surface area contributed by atoms with E-state index in [1.165, 1.54) is 6.26 Å². The van der Waals surface area contributed by atoms with Crippen LogP contribution in [-0.2, 0) is 9.84 Å². The molecule has 0 amide bonds. The van der Waals surface area contributed by atoms with Crippen LogP contribution >= 0.6 is 0 Å². The van der Waals surface area contributed by atoms with Crippen LogP contribution < -0.4 is 5.32 Å². The summed E-state index contributed by atoms with van der Waals surface area (Å²) < 4.78 is 23.1. The highest BCUT2D eigenvalue weighted by Gasteiger charge is 2.38. The molecule has 110 valence electrons. The average molecular weight is 277 g/mol. The molecule has 0 saturated carbocycles. The smallest absolute Gasteiger partial charge is 0.154 e. The molecule has 1 unspecified atom stereocenters. The third-order valence-corrected chi connectivity index (χ3v) is 5.91. The van der Waals surface area contributed by atoms with Crippen LogP contribution in [-0.4, -0.2) is 32.0 Å². The summed E-state index contributed by atoms with van der Waals surface area (Å²) in [5.41, 5.74) is 0. The van der Waals surface area contributed by atoms with E-state index in [0.717, 1.165) is 32.2 Å². The fraction of sp³-hybridized carbons (Fsp3) is 1.00. The van der Waals surface area contributed by atoms with E-state index in [1.807, 2.05) is 13.8 Å². The Kier molecular flexibility index (Phi) is 7.45. The van der Waals surface area contributed by atoms with Crippen molar-refractivity contribution in [1.82, 2.24) is 5.32 Å². The largest absolute Gasteiger partial charge is 0.312 e. The van der Waals surface area contributed by atoms with Crippen molar-refractivity contribution in [1.29, 1.82) is 0 Å². The lowest BCUT2D eigenvalue weighted by molar-refractivity contribution is 0.368. The van der Waals surface area contributed by atoms with Gasteiger partial charge in [0.25, 0.3) is 0 Å². The standard InChI is InChI=1S/C14H31NO2S/c1-7-11-15-13(10-8-9-12(2)3)14(4,5)18(6,16)17/h12-13,15H,7-11H2,1-6H3. The zero-order valence-electron chi connectivity index (χ0n) is 12.9. The van der Waals surface area contributed by atoms with Gasteiger partial charge in [-0.3, -0.25) is 0 Å². The van der Waals surface area contributed by atoms with Crippen molar-refractivity contribution in [2.75, 3.05) is 12.8 Å². The van der Waals surface area contributed by atoms with E-state index >= 15 is 0 Å². The Hall–Kier alpha value is -0.0900. The van der Waals surface area contributed by atoms with E-state index < -0.39 is 14.6 Å². The van der Waals surface area contributed by atoms with Gasteiger partial charge in [-0.2, -0.15) is 0 Å². The minimum atomic E-state index is -3.05. The molecule has 0 heterocycles. The fourth-order valence-electron chi connectivity index (χ4n) is 2.00. The third kappa shape index (κ3) is 5.70. The molecule has 0 aliphatic carbocycles. The van der Waals surface area contributed by atoms with Gasteiger partial charge in [0.1, 0.15) is 0 Å². The number of rotatable bonds is 9. The lowest BCUT2D eigenvalue weighted by Gasteiger charge is -2.33. The molecule has 0 saturated heterocycles. The van der Waals surface area contributed by atoms with E-state index in [9.17, 15) is 8.42 Å². The Morgan fingerprint density at radius 1 is 1.17 bits per heavy atom. The maximum Gasteiger partial charge on any atom is 0.154 e. The normalized spacial score (nSPS) is 15.1. The van der Waals surface area contributed by atoms with Crippen LogP contribution in [0.3, 0.4) is 0 Å². The van der Waals surface area contributed by atoms with Crippen LogP contribution in [0, 0.1) is 5.92 Å². The fourth-order valence-corrected chi connectivity index (χ4v) is 2.72. The first kappa shape index (κ1) is 17.9. The van der Waals surface area contributed by atoms with Crippen LogP contribution in [0.25, 0.3) is 0 Å². The highest BCUT2D eigenvalue weighted by molar-refractivity contribution is 7.92. The molecule has 0 radical (unpaired) electrons. The summed E-state index contributed by atoms with van der Waals surface area (Å²) in [7, 11) is -3.05. The first-order chi connectivity index (χ1) is 8.13. The quantitative estimate of drug-likeness (QED) is 0.704. The predicted molar refractivity (Wildman–Crippen MR) is 79.7 cm³/mol. The molecule has 4 heteroatoms. The van der Waals surface area contributed by atoms with Gasteiger partial charge < -0.3 is 5.32 Å². The maximum absolute atomic E-state index is 11.9. The number of sulfone groups is 1. The monoisotopic (exact) mass is 277 g/mol. The highest BCUT2D eigenvalue weighted by atomic mass is 32.2. The molecule has 0 aliphatic rings. The molecule has 0 fully saturated rings. The van der Waals surface area contributed by atoms with Crippen molar-refractivity contribution in [2.24, 2.45) is 5.92 Å². The van der Waals surface area contributed by atoms with Crippen LogP contribution in [0.4, 0.5) is 0 Å². The van der Waals surface area contributed by atoms with E-state index in [-0.39, 0.29) is 6.04 Å². The van der Waals surface area contributed by atoms with Gasteiger partial charge in [-0.15, -0.1) is 0 Å². The SMILES string of the molecule is CCCNC(CCCC(C)C)C(C)(C)S(C)(=O)=O. The molecule has 1 atom stereocenters. The first-order valence-electron chi connectivity index (χ1n) is 7.05. The molecule has 18 heavy (non-hydrogen) atoms. The summed E-state index contributed by atoms with van der Waals surface area (Å²) in [5.74, 6) is 0.679. The van der Waals surface area contributed by atoms with Crippen molar-refractivity contribution in [3.8, 4) is 0 Å². The first-order valence-corrected chi connectivity index (χ1v) is 8.95. The van der Waals surface area contributed by atoms with E-state index in [0.29, 0.717) is 5.92 Å². The van der Waals surface area contributed by atoms with Gasteiger partial charge in [0.2, 0.25) is 0 Å². The highest BCUT2D eigenvalue weighted by Crippen LogP contribution is 2.24. The van der Waals surface area contributed by atoms with Gasteiger partial charge in [-0.25, -0.2) is 8.42 Å². The van der Waals surface area contributed by atoms with Gasteiger partial charge >= 0.3 is 0 Å². The van der Waals surface area contributed by atoms with Crippen molar-refractivity contribution in [3.63, 3.8) is 0 Å². The summed E-state index contributed by atoms with van der Waals surface area (Å²) in [4.78, 5) is 0. The molecule has 0 aromatic heterocycles. The van der Waals surface area contributed by atoms with Crippen molar-refractivity contribution >= 4 is 9.84 Å².